The molecule has 1 aromatic heterocycles. The number of amides is 1. The normalized spacial score (nSPS) is 21.6. The molecular formula is C18H28N4O. The van der Waals surface area contributed by atoms with Gasteiger partial charge < -0.3 is 15.5 Å². The molecule has 2 N–H and O–H groups in total. The molecule has 0 aromatic carbocycles. The lowest BCUT2D eigenvalue weighted by atomic mass is 10.1. The molecule has 0 spiro atoms. The Labute approximate surface area is 138 Å². The zero-order valence-electron chi connectivity index (χ0n) is 14.2. The fraction of sp³-hybridized carbons (Fsp3) is 0.667. The molecule has 2 fully saturated rings. The molecule has 0 radical (unpaired) electrons. The third-order valence-corrected chi connectivity index (χ3v) is 4.50. The molecule has 3 rings (SSSR count). The lowest BCUT2D eigenvalue weighted by molar-refractivity contribution is 0.0947. The maximum atomic E-state index is 12.2. The van der Waals surface area contributed by atoms with Gasteiger partial charge in [-0.05, 0) is 49.8 Å². The van der Waals surface area contributed by atoms with Gasteiger partial charge in [0.05, 0.1) is 5.56 Å². The van der Waals surface area contributed by atoms with E-state index < -0.39 is 0 Å². The number of nitrogens with one attached hydrogen (secondary N) is 2. The standard InChI is InChI=1S/C18H28N4O/c1-13(2)11-22-8-7-14(12-22)9-20-18(23)15-3-6-17(19-10-15)21-16-4-5-16/h3,6,10,13-14,16H,4-5,7-9,11-12H2,1-2H3,(H,19,21)(H,20,23). The number of likely N-dealkylation sites (tertiary alicyclic amines) is 1. The van der Waals surface area contributed by atoms with Gasteiger partial charge in [0.1, 0.15) is 5.82 Å². The van der Waals surface area contributed by atoms with E-state index >= 15 is 0 Å². The van der Waals surface area contributed by atoms with Gasteiger partial charge in [-0.3, -0.25) is 4.79 Å². The smallest absolute Gasteiger partial charge is 0.252 e. The number of hydrogen-bond donors (Lipinski definition) is 2. The second kappa shape index (κ2) is 7.30. The highest BCUT2D eigenvalue weighted by molar-refractivity contribution is 5.94. The summed E-state index contributed by atoms with van der Waals surface area (Å²) < 4.78 is 0. The van der Waals surface area contributed by atoms with Crippen LogP contribution in [0.1, 0.15) is 43.5 Å². The monoisotopic (exact) mass is 316 g/mol. The van der Waals surface area contributed by atoms with Gasteiger partial charge in [-0.1, -0.05) is 13.8 Å². The first-order chi connectivity index (χ1) is 11.1. The molecule has 1 saturated heterocycles. The number of carbonyl (C=O) groups is 1. The average molecular weight is 316 g/mol. The predicted octanol–water partition coefficient (Wildman–Crippen LogP) is 2.36. The highest BCUT2D eigenvalue weighted by Crippen LogP contribution is 2.23. The van der Waals surface area contributed by atoms with Crippen molar-refractivity contribution >= 4 is 11.7 Å². The zero-order valence-corrected chi connectivity index (χ0v) is 14.2. The first kappa shape index (κ1) is 16.2. The molecule has 23 heavy (non-hydrogen) atoms. The van der Waals surface area contributed by atoms with E-state index in [0.29, 0.717) is 23.4 Å². The SMILES string of the molecule is CC(C)CN1CCC(CNC(=O)c2ccc(NC3CC3)nc2)C1. The van der Waals surface area contributed by atoms with Crippen LogP contribution in [0.15, 0.2) is 18.3 Å². The molecule has 5 heteroatoms. The second-order valence-electron chi connectivity index (χ2n) is 7.37. The van der Waals surface area contributed by atoms with Crippen molar-refractivity contribution in [3.05, 3.63) is 23.9 Å². The fourth-order valence-electron chi connectivity index (χ4n) is 3.15. The number of anilines is 1. The lowest BCUT2D eigenvalue weighted by Crippen LogP contribution is -2.32. The van der Waals surface area contributed by atoms with E-state index in [1.165, 1.54) is 19.3 Å². The molecule has 1 unspecified atom stereocenters. The number of rotatable bonds is 7. The Hall–Kier alpha value is -1.62. The minimum atomic E-state index is -0.0159. The summed E-state index contributed by atoms with van der Waals surface area (Å²) in [6.45, 7) is 8.68. The summed E-state index contributed by atoms with van der Waals surface area (Å²) >= 11 is 0. The number of hydrogen-bond acceptors (Lipinski definition) is 4. The van der Waals surface area contributed by atoms with E-state index in [0.717, 1.165) is 32.0 Å². The Bertz CT molecular complexity index is 524. The molecule has 5 nitrogen and oxygen atoms in total. The highest BCUT2D eigenvalue weighted by Gasteiger charge is 2.23. The molecule has 0 bridgehead atoms. The summed E-state index contributed by atoms with van der Waals surface area (Å²) in [6.07, 6.45) is 5.29. The van der Waals surface area contributed by atoms with Crippen molar-refractivity contribution in [3.8, 4) is 0 Å². The van der Waals surface area contributed by atoms with Gasteiger partial charge in [-0.25, -0.2) is 4.98 Å². The van der Waals surface area contributed by atoms with Crippen LogP contribution in [0.4, 0.5) is 5.82 Å². The zero-order chi connectivity index (χ0) is 16.2. The quantitative estimate of drug-likeness (QED) is 0.811. The van der Waals surface area contributed by atoms with Crippen molar-refractivity contribution in [2.45, 2.75) is 39.2 Å². The third kappa shape index (κ3) is 4.93. The van der Waals surface area contributed by atoms with E-state index in [1.54, 1.807) is 6.20 Å². The Morgan fingerprint density at radius 3 is 2.83 bits per heavy atom. The van der Waals surface area contributed by atoms with Gasteiger partial charge in [-0.2, -0.15) is 0 Å². The van der Waals surface area contributed by atoms with Crippen LogP contribution in [0, 0.1) is 11.8 Å². The average Bonchev–Trinajstić information content (AvgIpc) is 3.23. The van der Waals surface area contributed by atoms with Crippen molar-refractivity contribution in [1.29, 1.82) is 0 Å². The number of carbonyl (C=O) groups excluding carboxylic acids is 1. The van der Waals surface area contributed by atoms with Crippen molar-refractivity contribution in [1.82, 2.24) is 15.2 Å². The predicted molar refractivity (Wildman–Crippen MR) is 92.6 cm³/mol. The fourth-order valence-corrected chi connectivity index (χ4v) is 3.15. The van der Waals surface area contributed by atoms with Crippen molar-refractivity contribution in [3.63, 3.8) is 0 Å². The van der Waals surface area contributed by atoms with E-state index in [9.17, 15) is 4.79 Å². The van der Waals surface area contributed by atoms with Gasteiger partial charge in [0.25, 0.3) is 5.91 Å². The summed E-state index contributed by atoms with van der Waals surface area (Å²) in [7, 11) is 0. The first-order valence-electron chi connectivity index (χ1n) is 8.83. The van der Waals surface area contributed by atoms with Gasteiger partial charge >= 0.3 is 0 Å². The molecule has 2 heterocycles. The Kier molecular flexibility index (Phi) is 5.16. The second-order valence-corrected chi connectivity index (χ2v) is 7.37. The summed E-state index contributed by atoms with van der Waals surface area (Å²) in [5, 5.41) is 6.39. The van der Waals surface area contributed by atoms with Crippen LogP contribution in [0.5, 0.6) is 0 Å². The largest absolute Gasteiger partial charge is 0.367 e. The maximum Gasteiger partial charge on any atom is 0.252 e. The van der Waals surface area contributed by atoms with Crippen molar-refractivity contribution in [2.24, 2.45) is 11.8 Å². The minimum Gasteiger partial charge on any atom is -0.367 e. The lowest BCUT2D eigenvalue weighted by Gasteiger charge is -2.18. The van der Waals surface area contributed by atoms with Crippen molar-refractivity contribution in [2.75, 3.05) is 31.5 Å². The Morgan fingerprint density at radius 2 is 2.17 bits per heavy atom. The molecule has 1 amide bonds. The van der Waals surface area contributed by atoms with Gasteiger partial charge in [0.15, 0.2) is 0 Å². The minimum absolute atomic E-state index is 0.0159. The highest BCUT2D eigenvalue weighted by atomic mass is 16.1. The third-order valence-electron chi connectivity index (χ3n) is 4.50. The van der Waals surface area contributed by atoms with Crippen LogP contribution in [-0.4, -0.2) is 48.0 Å². The summed E-state index contributed by atoms with van der Waals surface area (Å²) in [4.78, 5) is 19.0. The Morgan fingerprint density at radius 1 is 1.35 bits per heavy atom. The van der Waals surface area contributed by atoms with E-state index in [-0.39, 0.29) is 5.91 Å². The molecule has 1 aliphatic heterocycles. The van der Waals surface area contributed by atoms with Crippen LogP contribution in [0.25, 0.3) is 0 Å². The molecule has 2 aliphatic rings. The summed E-state index contributed by atoms with van der Waals surface area (Å²) in [5.41, 5.74) is 0.642. The maximum absolute atomic E-state index is 12.2. The van der Waals surface area contributed by atoms with Gasteiger partial charge in [-0.15, -0.1) is 0 Å². The van der Waals surface area contributed by atoms with Gasteiger partial charge in [0, 0.05) is 31.9 Å². The summed E-state index contributed by atoms with van der Waals surface area (Å²) in [5.74, 6) is 2.13. The van der Waals surface area contributed by atoms with Crippen LogP contribution in [0.2, 0.25) is 0 Å². The molecule has 1 saturated carbocycles. The number of nitrogens with zero attached hydrogens (tertiary/aromatic N) is 2. The van der Waals surface area contributed by atoms with E-state index in [2.05, 4.69) is 34.4 Å². The van der Waals surface area contributed by atoms with Crippen molar-refractivity contribution < 1.29 is 4.79 Å². The van der Waals surface area contributed by atoms with Crippen LogP contribution >= 0.6 is 0 Å². The van der Waals surface area contributed by atoms with E-state index in [1.807, 2.05) is 12.1 Å². The number of aromatic nitrogens is 1. The molecule has 126 valence electrons. The molecule has 1 aliphatic carbocycles. The first-order valence-corrected chi connectivity index (χ1v) is 8.83. The van der Waals surface area contributed by atoms with Crippen LogP contribution in [-0.2, 0) is 0 Å². The molecule has 1 atom stereocenters. The Balaban J connectivity index is 1.42. The van der Waals surface area contributed by atoms with E-state index in [4.69, 9.17) is 0 Å². The summed E-state index contributed by atoms with van der Waals surface area (Å²) in [6, 6.07) is 4.33. The molecular weight excluding hydrogens is 288 g/mol. The topological polar surface area (TPSA) is 57.3 Å². The number of pyridine rings is 1. The van der Waals surface area contributed by atoms with Gasteiger partial charge in [0.2, 0.25) is 0 Å². The van der Waals surface area contributed by atoms with Crippen LogP contribution in [0.3, 0.4) is 0 Å². The molecule has 1 aromatic rings. The van der Waals surface area contributed by atoms with Crippen LogP contribution < -0.4 is 10.6 Å².